The maximum Gasteiger partial charge on any atom is 0.410 e. The summed E-state index contributed by atoms with van der Waals surface area (Å²) in [7, 11) is 0. The van der Waals surface area contributed by atoms with Gasteiger partial charge in [-0.05, 0) is 95.7 Å². The molecule has 34 heavy (non-hydrogen) atoms. The van der Waals surface area contributed by atoms with E-state index in [0.717, 1.165) is 61.0 Å². The van der Waals surface area contributed by atoms with Gasteiger partial charge in [0.25, 0.3) is 0 Å². The zero-order chi connectivity index (χ0) is 24.3. The molecule has 1 aliphatic rings. The van der Waals surface area contributed by atoms with Gasteiger partial charge in [0, 0.05) is 24.0 Å². The third-order valence-electron chi connectivity index (χ3n) is 6.18. The average Bonchev–Trinajstić information content (AvgIpc) is 3.23. The van der Waals surface area contributed by atoms with Crippen LogP contribution in [-0.2, 0) is 11.2 Å². The van der Waals surface area contributed by atoms with Crippen molar-refractivity contribution in [3.63, 3.8) is 0 Å². The van der Waals surface area contributed by atoms with Gasteiger partial charge in [0.15, 0.2) is 5.58 Å². The van der Waals surface area contributed by atoms with Crippen LogP contribution in [0, 0.1) is 24.2 Å². The van der Waals surface area contributed by atoms with Crippen molar-refractivity contribution in [2.45, 2.75) is 59.0 Å². The summed E-state index contributed by atoms with van der Waals surface area (Å²) in [5, 5.41) is 14.3. The Morgan fingerprint density at radius 2 is 1.88 bits per heavy atom. The van der Waals surface area contributed by atoms with Crippen molar-refractivity contribution in [3.05, 3.63) is 53.2 Å². The normalized spacial score (nSPS) is 14.7. The molecule has 1 saturated heterocycles. The molecule has 0 unspecified atom stereocenters. The Morgan fingerprint density at radius 1 is 1.18 bits per heavy atom. The molecule has 3 aromatic rings. The van der Waals surface area contributed by atoms with Crippen molar-refractivity contribution < 1.29 is 18.8 Å². The zero-order valence-electron chi connectivity index (χ0n) is 20.3. The molecule has 0 spiro atoms. The fraction of sp³-hybridized carbons (Fsp3) is 0.444. The van der Waals surface area contributed by atoms with Crippen molar-refractivity contribution in [1.82, 2.24) is 10.1 Å². The molecular weight excluding hydrogens is 430 g/mol. The van der Waals surface area contributed by atoms with Crippen LogP contribution in [0.15, 0.2) is 40.9 Å². The largest absolute Gasteiger partial charge is 0.457 e. The Hall–Kier alpha value is -3.53. The minimum Gasteiger partial charge on any atom is -0.457 e. The van der Waals surface area contributed by atoms with Crippen LogP contribution in [0.2, 0.25) is 0 Å². The van der Waals surface area contributed by atoms with Crippen LogP contribution in [0.5, 0.6) is 11.5 Å². The molecule has 0 atom stereocenters. The predicted octanol–water partition coefficient (Wildman–Crippen LogP) is 6.38. The number of hydrogen-bond donors (Lipinski definition) is 0. The number of hydrogen-bond acceptors (Lipinski definition) is 6. The molecule has 1 amide bonds. The van der Waals surface area contributed by atoms with Crippen LogP contribution in [0.1, 0.15) is 56.9 Å². The van der Waals surface area contributed by atoms with E-state index in [9.17, 15) is 4.79 Å². The fourth-order valence-electron chi connectivity index (χ4n) is 4.26. The smallest absolute Gasteiger partial charge is 0.410 e. The van der Waals surface area contributed by atoms with E-state index in [1.807, 2.05) is 44.7 Å². The molecule has 0 N–H and O–H groups in total. The van der Waals surface area contributed by atoms with Crippen molar-refractivity contribution in [3.8, 4) is 17.6 Å². The van der Waals surface area contributed by atoms with Gasteiger partial charge in [0.05, 0.1) is 17.3 Å². The maximum atomic E-state index is 12.3. The summed E-state index contributed by atoms with van der Waals surface area (Å²) in [6, 6.07) is 13.1. The summed E-state index contributed by atoms with van der Waals surface area (Å²) < 4.78 is 17.2. The minimum absolute atomic E-state index is 0.219. The van der Waals surface area contributed by atoms with Crippen molar-refractivity contribution in [1.29, 1.82) is 5.26 Å². The van der Waals surface area contributed by atoms with Crippen LogP contribution < -0.4 is 4.74 Å². The van der Waals surface area contributed by atoms with Gasteiger partial charge in [-0.2, -0.15) is 5.26 Å². The molecule has 4 rings (SSSR count). The van der Waals surface area contributed by atoms with Gasteiger partial charge in [0.1, 0.15) is 17.1 Å². The molecule has 1 fully saturated rings. The molecule has 1 aliphatic heterocycles. The summed E-state index contributed by atoms with van der Waals surface area (Å²) in [4.78, 5) is 14.1. The number of piperidine rings is 1. The topological polar surface area (TPSA) is 88.6 Å². The Balaban J connectivity index is 1.35. The summed E-state index contributed by atoms with van der Waals surface area (Å²) in [6.07, 6.45) is 3.56. The second-order valence-electron chi connectivity index (χ2n) is 9.88. The molecule has 2 heterocycles. The number of likely N-dealkylation sites (tertiary alicyclic amines) is 1. The number of aromatic nitrogens is 1. The number of rotatable bonds is 5. The highest BCUT2D eigenvalue weighted by Gasteiger charge is 2.27. The number of fused-ring (bicyclic) bond motifs is 1. The summed E-state index contributed by atoms with van der Waals surface area (Å²) in [5.41, 5.74) is 2.71. The van der Waals surface area contributed by atoms with E-state index >= 15 is 0 Å². The van der Waals surface area contributed by atoms with Crippen LogP contribution in [0.3, 0.4) is 0 Å². The first-order valence-corrected chi connectivity index (χ1v) is 11.8. The van der Waals surface area contributed by atoms with E-state index in [2.05, 4.69) is 11.2 Å². The molecule has 0 saturated carbocycles. The third-order valence-corrected chi connectivity index (χ3v) is 6.18. The molecule has 0 bridgehead atoms. The molecule has 0 radical (unpaired) electrons. The monoisotopic (exact) mass is 461 g/mol. The fourth-order valence-corrected chi connectivity index (χ4v) is 4.26. The van der Waals surface area contributed by atoms with E-state index in [-0.39, 0.29) is 6.09 Å². The van der Waals surface area contributed by atoms with E-state index in [1.54, 1.807) is 24.3 Å². The molecule has 7 nitrogen and oxygen atoms in total. The van der Waals surface area contributed by atoms with Gasteiger partial charge < -0.3 is 18.9 Å². The lowest BCUT2D eigenvalue weighted by Crippen LogP contribution is -2.41. The Bertz CT molecular complexity index is 1190. The molecule has 2 aromatic carbocycles. The molecule has 1 aromatic heterocycles. The molecule has 178 valence electrons. The molecular formula is C27H31N3O4. The lowest BCUT2D eigenvalue weighted by atomic mass is 9.91. The average molecular weight is 462 g/mol. The second kappa shape index (κ2) is 9.76. The number of carbonyl (C=O) groups is 1. The number of ether oxygens (including phenoxy) is 2. The number of nitriles is 1. The van der Waals surface area contributed by atoms with Gasteiger partial charge in [-0.1, -0.05) is 5.16 Å². The van der Waals surface area contributed by atoms with E-state index < -0.39 is 5.60 Å². The highest BCUT2D eigenvalue weighted by Crippen LogP contribution is 2.33. The quantitative estimate of drug-likeness (QED) is 0.438. The molecule has 0 aliphatic carbocycles. The third kappa shape index (κ3) is 5.51. The van der Waals surface area contributed by atoms with Crippen molar-refractivity contribution >= 4 is 17.1 Å². The van der Waals surface area contributed by atoms with Gasteiger partial charge in [-0.15, -0.1) is 0 Å². The number of amides is 1. The SMILES string of the molecule is Cc1c(Oc2ccc(C#N)cc2)ccc2c(CCC3CCN(C(=O)OC(C)(C)C)CC3)noc12. The van der Waals surface area contributed by atoms with E-state index in [0.29, 0.717) is 23.0 Å². The first-order valence-electron chi connectivity index (χ1n) is 11.8. The van der Waals surface area contributed by atoms with Gasteiger partial charge in [0.2, 0.25) is 0 Å². The lowest BCUT2D eigenvalue weighted by molar-refractivity contribution is 0.0181. The standard InChI is InChI=1S/C27H31N3O4/c1-18-24(32-21-8-5-20(17-28)6-9-21)12-10-22-23(29-34-25(18)22)11-7-19-13-15-30(16-14-19)26(31)33-27(2,3)4/h5-6,8-10,12,19H,7,11,13-16H2,1-4H3. The van der Waals surface area contributed by atoms with Gasteiger partial charge in [-0.25, -0.2) is 4.79 Å². The maximum absolute atomic E-state index is 12.3. The van der Waals surface area contributed by atoms with Crippen LogP contribution in [0.4, 0.5) is 4.79 Å². The summed E-state index contributed by atoms with van der Waals surface area (Å²) in [5.74, 6) is 1.92. The van der Waals surface area contributed by atoms with E-state index in [1.165, 1.54) is 0 Å². The number of aryl methyl sites for hydroxylation is 2. The van der Waals surface area contributed by atoms with Crippen LogP contribution in [-0.4, -0.2) is 34.8 Å². The highest BCUT2D eigenvalue weighted by atomic mass is 16.6. The number of carbonyl (C=O) groups excluding carboxylic acids is 1. The zero-order valence-corrected chi connectivity index (χ0v) is 20.3. The minimum atomic E-state index is -0.465. The van der Waals surface area contributed by atoms with Gasteiger partial charge in [-0.3, -0.25) is 0 Å². The van der Waals surface area contributed by atoms with E-state index in [4.69, 9.17) is 19.3 Å². The first-order chi connectivity index (χ1) is 16.2. The Morgan fingerprint density at radius 3 is 2.53 bits per heavy atom. The van der Waals surface area contributed by atoms with Crippen molar-refractivity contribution in [2.24, 2.45) is 5.92 Å². The summed E-state index contributed by atoms with van der Waals surface area (Å²) >= 11 is 0. The highest BCUT2D eigenvalue weighted by molar-refractivity contribution is 5.84. The first kappa shape index (κ1) is 23.6. The Kier molecular flexibility index (Phi) is 6.78. The van der Waals surface area contributed by atoms with Crippen LogP contribution >= 0.6 is 0 Å². The predicted molar refractivity (Wildman–Crippen MR) is 129 cm³/mol. The lowest BCUT2D eigenvalue weighted by Gasteiger charge is -2.33. The number of nitrogens with zero attached hydrogens (tertiary/aromatic N) is 3. The number of benzene rings is 2. The van der Waals surface area contributed by atoms with Crippen LogP contribution in [0.25, 0.3) is 11.0 Å². The van der Waals surface area contributed by atoms with Gasteiger partial charge >= 0.3 is 6.09 Å². The summed E-state index contributed by atoms with van der Waals surface area (Å²) in [6.45, 7) is 9.10. The second-order valence-corrected chi connectivity index (χ2v) is 9.88. The van der Waals surface area contributed by atoms with Crippen molar-refractivity contribution in [2.75, 3.05) is 13.1 Å². The molecule has 7 heteroatoms. The Labute approximate surface area is 200 Å².